The van der Waals surface area contributed by atoms with Gasteiger partial charge in [0, 0.05) is 24.4 Å². The Bertz CT molecular complexity index is 1340. The van der Waals surface area contributed by atoms with Crippen LogP contribution in [0.25, 0.3) is 27.8 Å². The van der Waals surface area contributed by atoms with Gasteiger partial charge in [-0.1, -0.05) is 50.4 Å². The Kier molecular flexibility index (Phi) is 5.47. The molecule has 0 N–H and O–H groups in total. The van der Waals surface area contributed by atoms with E-state index >= 15 is 0 Å². The van der Waals surface area contributed by atoms with Crippen molar-refractivity contribution in [2.24, 2.45) is 11.8 Å². The largest absolute Gasteiger partial charge is 0.378 e. The predicted molar refractivity (Wildman–Crippen MR) is 125 cm³/mol. The van der Waals surface area contributed by atoms with E-state index in [-0.39, 0.29) is 11.6 Å². The normalized spacial score (nSPS) is 21.4. The molecule has 1 aliphatic rings. The Labute approximate surface area is 191 Å². The van der Waals surface area contributed by atoms with E-state index in [1.54, 1.807) is 11.6 Å². The molecule has 7 nitrogen and oxygen atoms in total. The van der Waals surface area contributed by atoms with E-state index < -0.39 is 0 Å². The second kappa shape index (κ2) is 8.30. The van der Waals surface area contributed by atoms with Crippen LogP contribution in [0.2, 0.25) is 5.02 Å². The minimum atomic E-state index is -0.111. The first-order valence-electron chi connectivity index (χ1n) is 11.0. The van der Waals surface area contributed by atoms with Crippen molar-refractivity contribution >= 4 is 28.3 Å². The minimum absolute atomic E-state index is 0.111. The van der Waals surface area contributed by atoms with Crippen LogP contribution >= 0.6 is 11.6 Å². The number of halogens is 1. The average Bonchev–Trinajstić information content (AvgIpc) is 3.15. The Morgan fingerprint density at radius 2 is 1.91 bits per heavy atom. The van der Waals surface area contributed by atoms with E-state index in [0.29, 0.717) is 40.1 Å². The molecule has 1 aromatic carbocycles. The van der Waals surface area contributed by atoms with Crippen molar-refractivity contribution in [3.8, 4) is 11.1 Å². The van der Waals surface area contributed by atoms with Gasteiger partial charge in [-0.2, -0.15) is 5.10 Å². The number of hydrogen-bond donors (Lipinski definition) is 0. The van der Waals surface area contributed by atoms with Crippen molar-refractivity contribution < 1.29 is 4.74 Å². The third-order valence-electron chi connectivity index (χ3n) is 6.91. The smallest absolute Gasteiger partial charge is 0.280 e. The van der Waals surface area contributed by atoms with Crippen LogP contribution in [0.1, 0.15) is 44.8 Å². The molecule has 0 radical (unpaired) electrons. The highest BCUT2D eigenvalue weighted by atomic mass is 35.5. The van der Waals surface area contributed by atoms with Crippen molar-refractivity contribution in [3.05, 3.63) is 57.6 Å². The first kappa shape index (κ1) is 21.1. The number of pyridine rings is 1. The second-order valence-electron chi connectivity index (χ2n) is 8.79. The van der Waals surface area contributed by atoms with Crippen LogP contribution in [0, 0.1) is 11.8 Å². The Morgan fingerprint density at radius 3 is 2.66 bits per heavy atom. The molecule has 3 aromatic heterocycles. The van der Waals surface area contributed by atoms with Crippen LogP contribution in [-0.2, 0) is 11.3 Å². The van der Waals surface area contributed by atoms with Crippen molar-refractivity contribution in [1.29, 1.82) is 0 Å². The van der Waals surface area contributed by atoms with Gasteiger partial charge in [-0.15, -0.1) is 10.2 Å². The molecule has 0 unspecified atom stereocenters. The van der Waals surface area contributed by atoms with Crippen molar-refractivity contribution in [2.45, 2.75) is 45.8 Å². The predicted octanol–water partition coefficient (Wildman–Crippen LogP) is 4.90. The van der Waals surface area contributed by atoms with E-state index in [4.69, 9.17) is 21.4 Å². The van der Waals surface area contributed by atoms with Crippen LogP contribution in [0.4, 0.5) is 0 Å². The molecular formula is C24H26ClN5O2. The Hall–Kier alpha value is -2.77. The first-order valence-corrected chi connectivity index (χ1v) is 11.4. The van der Waals surface area contributed by atoms with Gasteiger partial charge < -0.3 is 9.30 Å². The summed E-state index contributed by atoms with van der Waals surface area (Å²) in [6, 6.07) is 9.62. The number of ether oxygens (including phenoxy) is 1. The van der Waals surface area contributed by atoms with Crippen LogP contribution in [-0.4, -0.2) is 31.5 Å². The standard InChI is InChI=1S/C24H26ClN5O2/c1-14-5-4-6-19(15(14)2)29-12-11-20-22(24(29)31)26-27-23-21(16-7-9-17(25)10-8-16)18(13-32-3)28-30(20)23/h7-12,14-15,19H,4-6,13H2,1-3H3/t14-,15-,19-/m0/s1. The molecular weight excluding hydrogens is 426 g/mol. The highest BCUT2D eigenvalue weighted by Crippen LogP contribution is 2.37. The lowest BCUT2D eigenvalue weighted by atomic mass is 9.78. The van der Waals surface area contributed by atoms with E-state index in [2.05, 4.69) is 24.0 Å². The fourth-order valence-corrected chi connectivity index (χ4v) is 5.09. The number of hydrogen-bond acceptors (Lipinski definition) is 5. The van der Waals surface area contributed by atoms with E-state index in [0.717, 1.165) is 29.7 Å². The Balaban J connectivity index is 1.70. The molecule has 3 heterocycles. The zero-order valence-electron chi connectivity index (χ0n) is 18.5. The molecule has 3 atom stereocenters. The number of methoxy groups -OCH3 is 1. The zero-order chi connectivity index (χ0) is 22.4. The fraction of sp³-hybridized carbons (Fsp3) is 0.417. The molecule has 4 aromatic rings. The molecule has 32 heavy (non-hydrogen) atoms. The third-order valence-corrected chi connectivity index (χ3v) is 7.17. The van der Waals surface area contributed by atoms with Gasteiger partial charge in [0.15, 0.2) is 11.2 Å². The zero-order valence-corrected chi connectivity index (χ0v) is 19.2. The SMILES string of the molecule is COCc1nn2c(nnc3c(=O)n([C@H]4CCC[C@H](C)[C@@H]4C)ccc32)c1-c1ccc(Cl)cc1. The van der Waals surface area contributed by atoms with E-state index in [9.17, 15) is 4.79 Å². The molecule has 0 spiro atoms. The van der Waals surface area contributed by atoms with Gasteiger partial charge in [-0.05, 0) is 42.0 Å². The molecule has 0 aliphatic heterocycles. The summed E-state index contributed by atoms with van der Waals surface area (Å²) in [5.41, 5.74) is 3.93. The molecule has 0 amide bonds. The van der Waals surface area contributed by atoms with E-state index in [1.165, 1.54) is 6.42 Å². The lowest BCUT2D eigenvalue weighted by molar-refractivity contribution is 0.181. The highest BCUT2D eigenvalue weighted by molar-refractivity contribution is 6.30. The molecule has 5 rings (SSSR count). The van der Waals surface area contributed by atoms with Gasteiger partial charge in [0.25, 0.3) is 5.56 Å². The quantitative estimate of drug-likeness (QED) is 0.441. The summed E-state index contributed by atoms with van der Waals surface area (Å²) < 4.78 is 8.94. The number of rotatable bonds is 4. The van der Waals surface area contributed by atoms with Crippen molar-refractivity contribution in [1.82, 2.24) is 24.4 Å². The van der Waals surface area contributed by atoms with Crippen LogP contribution < -0.4 is 5.56 Å². The molecule has 1 fully saturated rings. The number of nitrogens with zero attached hydrogens (tertiary/aromatic N) is 5. The summed E-state index contributed by atoms with van der Waals surface area (Å²) in [6.45, 7) is 4.83. The Morgan fingerprint density at radius 1 is 1.12 bits per heavy atom. The average molecular weight is 452 g/mol. The summed E-state index contributed by atoms with van der Waals surface area (Å²) >= 11 is 6.08. The minimum Gasteiger partial charge on any atom is -0.378 e. The molecule has 1 saturated carbocycles. The molecule has 8 heteroatoms. The molecule has 1 aliphatic carbocycles. The van der Waals surface area contributed by atoms with Crippen LogP contribution in [0.15, 0.2) is 41.3 Å². The van der Waals surface area contributed by atoms with Gasteiger partial charge in [-0.25, -0.2) is 4.52 Å². The lowest BCUT2D eigenvalue weighted by Crippen LogP contribution is -2.34. The second-order valence-corrected chi connectivity index (χ2v) is 9.23. The maximum absolute atomic E-state index is 13.4. The molecule has 0 bridgehead atoms. The van der Waals surface area contributed by atoms with Gasteiger partial charge in [0.2, 0.25) is 0 Å². The van der Waals surface area contributed by atoms with Gasteiger partial charge in [-0.3, -0.25) is 4.79 Å². The summed E-state index contributed by atoms with van der Waals surface area (Å²) in [4.78, 5) is 13.4. The maximum atomic E-state index is 13.4. The third kappa shape index (κ3) is 3.40. The summed E-state index contributed by atoms with van der Waals surface area (Å²) in [7, 11) is 1.63. The van der Waals surface area contributed by atoms with Gasteiger partial charge in [0.05, 0.1) is 17.9 Å². The molecule has 166 valence electrons. The summed E-state index contributed by atoms with van der Waals surface area (Å²) in [5, 5.41) is 14.2. The van der Waals surface area contributed by atoms with Crippen molar-refractivity contribution in [3.63, 3.8) is 0 Å². The monoisotopic (exact) mass is 451 g/mol. The summed E-state index contributed by atoms with van der Waals surface area (Å²) in [5.74, 6) is 1.03. The maximum Gasteiger partial charge on any atom is 0.280 e. The summed E-state index contributed by atoms with van der Waals surface area (Å²) in [6.07, 6.45) is 5.25. The van der Waals surface area contributed by atoms with Gasteiger partial charge in [0.1, 0.15) is 5.52 Å². The highest BCUT2D eigenvalue weighted by Gasteiger charge is 2.29. The molecule has 0 saturated heterocycles. The first-order chi connectivity index (χ1) is 15.5. The van der Waals surface area contributed by atoms with Gasteiger partial charge >= 0.3 is 0 Å². The van der Waals surface area contributed by atoms with Crippen molar-refractivity contribution in [2.75, 3.05) is 7.11 Å². The number of benzene rings is 1. The number of aromatic nitrogens is 5. The fourth-order valence-electron chi connectivity index (χ4n) is 4.96. The van der Waals surface area contributed by atoms with E-state index in [1.807, 2.05) is 41.1 Å². The lowest BCUT2D eigenvalue weighted by Gasteiger charge is -2.35. The number of fused-ring (bicyclic) bond motifs is 3. The van der Waals surface area contributed by atoms with Crippen LogP contribution in [0.3, 0.4) is 0 Å². The van der Waals surface area contributed by atoms with Crippen LogP contribution in [0.5, 0.6) is 0 Å². The topological polar surface area (TPSA) is 74.3 Å².